The molecule has 1 rings (SSSR count). The predicted octanol–water partition coefficient (Wildman–Crippen LogP) is 2.10. The van der Waals surface area contributed by atoms with E-state index in [1.54, 1.807) is 0 Å². The van der Waals surface area contributed by atoms with Crippen LogP contribution in [0.2, 0.25) is 0 Å². The summed E-state index contributed by atoms with van der Waals surface area (Å²) in [7, 11) is 1.98. The lowest BCUT2D eigenvalue weighted by Crippen LogP contribution is -2.39. The molecule has 0 radical (unpaired) electrons. The SMILES string of the molecule is CCCN(C(C)C)C(CN)c1cn(C)nc1CC. The second-order valence-corrected chi connectivity index (χ2v) is 5.14. The van der Waals surface area contributed by atoms with Gasteiger partial charge in [-0.15, -0.1) is 0 Å². The van der Waals surface area contributed by atoms with E-state index in [1.807, 2.05) is 11.7 Å². The zero-order valence-corrected chi connectivity index (χ0v) is 12.5. The second kappa shape index (κ2) is 6.90. The average molecular weight is 252 g/mol. The van der Waals surface area contributed by atoms with Crippen LogP contribution < -0.4 is 5.73 Å². The van der Waals surface area contributed by atoms with Crippen LogP contribution in [0.15, 0.2) is 6.20 Å². The van der Waals surface area contributed by atoms with Crippen LogP contribution in [-0.2, 0) is 13.5 Å². The summed E-state index contributed by atoms with van der Waals surface area (Å²) in [6.45, 7) is 10.6. The molecule has 0 aliphatic rings. The molecule has 0 bridgehead atoms. The van der Waals surface area contributed by atoms with Crippen molar-refractivity contribution in [2.75, 3.05) is 13.1 Å². The first kappa shape index (κ1) is 15.2. The van der Waals surface area contributed by atoms with Gasteiger partial charge in [0.2, 0.25) is 0 Å². The molecule has 0 aliphatic heterocycles. The molecule has 0 amide bonds. The highest BCUT2D eigenvalue weighted by Crippen LogP contribution is 2.25. The predicted molar refractivity (Wildman–Crippen MR) is 76.5 cm³/mol. The van der Waals surface area contributed by atoms with E-state index in [9.17, 15) is 0 Å². The van der Waals surface area contributed by atoms with E-state index in [2.05, 4.69) is 43.9 Å². The summed E-state index contributed by atoms with van der Waals surface area (Å²) in [6.07, 6.45) is 4.24. The Morgan fingerprint density at radius 3 is 2.50 bits per heavy atom. The molecule has 1 aromatic heterocycles. The van der Waals surface area contributed by atoms with E-state index in [0.29, 0.717) is 12.6 Å². The third-order valence-electron chi connectivity index (χ3n) is 3.40. The maximum atomic E-state index is 6.03. The fraction of sp³-hybridized carbons (Fsp3) is 0.786. The Labute approximate surface area is 111 Å². The van der Waals surface area contributed by atoms with Crippen molar-refractivity contribution in [2.24, 2.45) is 12.8 Å². The summed E-state index contributed by atoms with van der Waals surface area (Å²) >= 11 is 0. The highest BCUT2D eigenvalue weighted by atomic mass is 15.3. The lowest BCUT2D eigenvalue weighted by molar-refractivity contribution is 0.156. The molecule has 0 spiro atoms. The molecule has 0 fully saturated rings. The van der Waals surface area contributed by atoms with Crippen LogP contribution in [0.5, 0.6) is 0 Å². The molecule has 0 saturated heterocycles. The molecular weight excluding hydrogens is 224 g/mol. The van der Waals surface area contributed by atoms with Crippen LogP contribution in [0.25, 0.3) is 0 Å². The van der Waals surface area contributed by atoms with Crippen LogP contribution in [-0.4, -0.2) is 33.8 Å². The van der Waals surface area contributed by atoms with Crippen molar-refractivity contribution in [1.82, 2.24) is 14.7 Å². The van der Waals surface area contributed by atoms with Crippen molar-refractivity contribution in [3.8, 4) is 0 Å². The van der Waals surface area contributed by atoms with Crippen molar-refractivity contribution in [2.45, 2.75) is 52.6 Å². The quantitative estimate of drug-likeness (QED) is 0.808. The van der Waals surface area contributed by atoms with Crippen molar-refractivity contribution >= 4 is 0 Å². The summed E-state index contributed by atoms with van der Waals surface area (Å²) in [5.41, 5.74) is 8.50. The van der Waals surface area contributed by atoms with Crippen LogP contribution in [0, 0.1) is 0 Å². The van der Waals surface area contributed by atoms with Crippen LogP contribution in [0.4, 0.5) is 0 Å². The maximum Gasteiger partial charge on any atom is 0.0670 e. The number of aromatic nitrogens is 2. The molecule has 2 N–H and O–H groups in total. The lowest BCUT2D eigenvalue weighted by atomic mass is 10.0. The molecule has 18 heavy (non-hydrogen) atoms. The zero-order chi connectivity index (χ0) is 13.7. The van der Waals surface area contributed by atoms with Gasteiger partial charge in [0.15, 0.2) is 0 Å². The summed E-state index contributed by atoms with van der Waals surface area (Å²) in [5, 5.41) is 4.53. The molecule has 104 valence electrons. The van der Waals surface area contributed by atoms with Crippen LogP contribution in [0.1, 0.15) is 51.4 Å². The number of aryl methyl sites for hydroxylation is 2. The Morgan fingerprint density at radius 2 is 2.06 bits per heavy atom. The molecule has 1 unspecified atom stereocenters. The second-order valence-electron chi connectivity index (χ2n) is 5.14. The van der Waals surface area contributed by atoms with Crippen molar-refractivity contribution < 1.29 is 0 Å². The molecule has 0 aromatic carbocycles. The summed E-state index contributed by atoms with van der Waals surface area (Å²) in [6, 6.07) is 0.789. The van der Waals surface area contributed by atoms with Gasteiger partial charge in [-0.3, -0.25) is 9.58 Å². The first-order valence-corrected chi connectivity index (χ1v) is 7.03. The van der Waals surface area contributed by atoms with Crippen molar-refractivity contribution in [3.63, 3.8) is 0 Å². The van der Waals surface area contributed by atoms with E-state index in [-0.39, 0.29) is 6.04 Å². The highest BCUT2D eigenvalue weighted by molar-refractivity contribution is 5.22. The standard InChI is InChI=1S/C14H28N4/c1-6-8-18(11(3)4)14(9-15)12-10-17(5)16-13(12)7-2/h10-11,14H,6-9,15H2,1-5H3. The average Bonchev–Trinajstić information content (AvgIpc) is 2.70. The van der Waals surface area contributed by atoms with E-state index < -0.39 is 0 Å². The number of hydrogen-bond acceptors (Lipinski definition) is 3. The minimum absolute atomic E-state index is 0.286. The topological polar surface area (TPSA) is 47.1 Å². The number of hydrogen-bond donors (Lipinski definition) is 1. The number of nitrogens with zero attached hydrogens (tertiary/aromatic N) is 3. The fourth-order valence-corrected chi connectivity index (χ4v) is 2.58. The molecule has 4 heteroatoms. The molecule has 1 aromatic rings. The van der Waals surface area contributed by atoms with Gasteiger partial charge in [0.25, 0.3) is 0 Å². The van der Waals surface area contributed by atoms with Gasteiger partial charge in [-0.1, -0.05) is 13.8 Å². The van der Waals surface area contributed by atoms with Crippen LogP contribution in [0.3, 0.4) is 0 Å². The van der Waals surface area contributed by atoms with E-state index in [1.165, 1.54) is 11.3 Å². The third kappa shape index (κ3) is 3.33. The highest BCUT2D eigenvalue weighted by Gasteiger charge is 2.24. The van der Waals surface area contributed by atoms with Crippen molar-refractivity contribution in [3.05, 3.63) is 17.5 Å². The first-order valence-electron chi connectivity index (χ1n) is 7.03. The van der Waals surface area contributed by atoms with Gasteiger partial charge in [0, 0.05) is 31.4 Å². The maximum absolute atomic E-state index is 6.03. The van der Waals surface area contributed by atoms with Gasteiger partial charge in [0.05, 0.1) is 11.7 Å². The Morgan fingerprint density at radius 1 is 1.39 bits per heavy atom. The van der Waals surface area contributed by atoms with Gasteiger partial charge >= 0.3 is 0 Å². The third-order valence-corrected chi connectivity index (χ3v) is 3.40. The first-order chi connectivity index (χ1) is 8.54. The Kier molecular flexibility index (Phi) is 5.82. The number of rotatable bonds is 7. The Balaban J connectivity index is 3.05. The molecule has 4 nitrogen and oxygen atoms in total. The van der Waals surface area contributed by atoms with E-state index in [0.717, 1.165) is 19.4 Å². The number of nitrogens with two attached hydrogens (primary N) is 1. The van der Waals surface area contributed by atoms with Gasteiger partial charge < -0.3 is 5.73 Å². The van der Waals surface area contributed by atoms with E-state index in [4.69, 9.17) is 5.73 Å². The van der Waals surface area contributed by atoms with Gasteiger partial charge in [-0.2, -0.15) is 5.10 Å². The molecule has 1 atom stereocenters. The normalized spacial score (nSPS) is 13.6. The summed E-state index contributed by atoms with van der Waals surface area (Å²) in [5.74, 6) is 0. The molecule has 0 aliphatic carbocycles. The van der Waals surface area contributed by atoms with Gasteiger partial charge in [0.1, 0.15) is 0 Å². The van der Waals surface area contributed by atoms with Gasteiger partial charge in [-0.25, -0.2) is 0 Å². The largest absolute Gasteiger partial charge is 0.329 e. The Hall–Kier alpha value is -0.870. The van der Waals surface area contributed by atoms with Crippen molar-refractivity contribution in [1.29, 1.82) is 0 Å². The monoisotopic (exact) mass is 252 g/mol. The summed E-state index contributed by atoms with van der Waals surface area (Å²) < 4.78 is 1.90. The lowest BCUT2D eigenvalue weighted by Gasteiger charge is -2.34. The smallest absolute Gasteiger partial charge is 0.0670 e. The van der Waals surface area contributed by atoms with Gasteiger partial charge in [-0.05, 0) is 33.2 Å². The minimum Gasteiger partial charge on any atom is -0.329 e. The van der Waals surface area contributed by atoms with Crippen LogP contribution >= 0.6 is 0 Å². The van der Waals surface area contributed by atoms with E-state index >= 15 is 0 Å². The Bertz CT molecular complexity index is 357. The molecule has 0 saturated carbocycles. The molecule has 1 heterocycles. The summed E-state index contributed by atoms with van der Waals surface area (Å²) in [4.78, 5) is 2.48. The fourth-order valence-electron chi connectivity index (χ4n) is 2.58. The zero-order valence-electron chi connectivity index (χ0n) is 12.5. The minimum atomic E-state index is 0.286. The molecular formula is C14H28N4.